The molecule has 3 rings (SSSR count). The molecule has 1 unspecified atom stereocenters. The largest absolute Gasteiger partial charge is 0.472 e. The molecule has 1 atom stereocenters. The fourth-order valence-electron chi connectivity index (χ4n) is 2.85. The molecule has 0 bridgehead atoms. The van der Waals surface area contributed by atoms with Gasteiger partial charge in [-0.3, -0.25) is 0 Å². The standard InChI is InChI=1S/C19H21NO/c1-2-20-19(13-16-9-10-21-14-16)12-15-7-8-17-5-3-4-6-18(17)11-15/h3-11,14,19-20H,2,12-13H2,1H3. The summed E-state index contributed by atoms with van der Waals surface area (Å²) in [5.41, 5.74) is 2.63. The van der Waals surface area contributed by atoms with Crippen molar-refractivity contribution in [3.8, 4) is 0 Å². The molecule has 2 nitrogen and oxygen atoms in total. The molecule has 1 aromatic heterocycles. The second-order valence-electron chi connectivity index (χ2n) is 5.48. The summed E-state index contributed by atoms with van der Waals surface area (Å²) in [4.78, 5) is 0. The Bertz CT molecular complexity index is 688. The maximum Gasteiger partial charge on any atom is 0.0935 e. The molecule has 0 saturated carbocycles. The average Bonchev–Trinajstić information content (AvgIpc) is 3.00. The summed E-state index contributed by atoms with van der Waals surface area (Å²) in [7, 11) is 0. The molecule has 0 aliphatic rings. The summed E-state index contributed by atoms with van der Waals surface area (Å²) in [6, 6.07) is 17.8. The van der Waals surface area contributed by atoms with Gasteiger partial charge < -0.3 is 9.73 Å². The maximum atomic E-state index is 5.17. The molecule has 1 N–H and O–H groups in total. The predicted molar refractivity (Wildman–Crippen MR) is 87.5 cm³/mol. The van der Waals surface area contributed by atoms with Crippen LogP contribution in [0.15, 0.2) is 65.5 Å². The van der Waals surface area contributed by atoms with Gasteiger partial charge in [-0.2, -0.15) is 0 Å². The van der Waals surface area contributed by atoms with E-state index in [0.717, 1.165) is 19.4 Å². The lowest BCUT2D eigenvalue weighted by atomic mass is 9.98. The Kier molecular flexibility index (Phi) is 4.37. The molecule has 2 aromatic carbocycles. The highest BCUT2D eigenvalue weighted by molar-refractivity contribution is 5.82. The van der Waals surface area contributed by atoms with Crippen molar-refractivity contribution in [1.29, 1.82) is 0 Å². The first-order valence-corrected chi connectivity index (χ1v) is 7.57. The number of hydrogen-bond donors (Lipinski definition) is 1. The van der Waals surface area contributed by atoms with Gasteiger partial charge in [0.25, 0.3) is 0 Å². The van der Waals surface area contributed by atoms with Gasteiger partial charge in [-0.1, -0.05) is 49.4 Å². The van der Waals surface area contributed by atoms with Crippen molar-refractivity contribution in [2.75, 3.05) is 6.54 Å². The monoisotopic (exact) mass is 279 g/mol. The Morgan fingerprint density at radius 2 is 1.76 bits per heavy atom. The Labute approximate surface area is 125 Å². The molecule has 3 aromatic rings. The predicted octanol–water partition coefficient (Wildman–Crippen LogP) is 4.20. The van der Waals surface area contributed by atoms with Crippen molar-refractivity contribution >= 4 is 10.8 Å². The molecule has 0 amide bonds. The number of nitrogens with one attached hydrogen (secondary N) is 1. The maximum absolute atomic E-state index is 5.17. The van der Waals surface area contributed by atoms with Gasteiger partial charge in [0, 0.05) is 6.04 Å². The third-order valence-electron chi connectivity index (χ3n) is 3.85. The fraction of sp³-hybridized carbons (Fsp3) is 0.263. The van der Waals surface area contributed by atoms with Crippen LogP contribution in [0, 0.1) is 0 Å². The van der Waals surface area contributed by atoms with E-state index in [4.69, 9.17) is 4.42 Å². The molecular weight excluding hydrogens is 258 g/mol. The first kappa shape index (κ1) is 13.9. The number of benzene rings is 2. The molecular formula is C19H21NO. The lowest BCUT2D eigenvalue weighted by Crippen LogP contribution is -2.32. The summed E-state index contributed by atoms with van der Waals surface area (Å²) < 4.78 is 5.17. The zero-order chi connectivity index (χ0) is 14.5. The topological polar surface area (TPSA) is 25.2 Å². The minimum absolute atomic E-state index is 0.439. The van der Waals surface area contributed by atoms with Gasteiger partial charge >= 0.3 is 0 Å². The summed E-state index contributed by atoms with van der Waals surface area (Å²) in [5.74, 6) is 0. The van der Waals surface area contributed by atoms with Crippen LogP contribution in [0.25, 0.3) is 10.8 Å². The zero-order valence-electron chi connectivity index (χ0n) is 12.4. The van der Waals surface area contributed by atoms with E-state index in [1.165, 1.54) is 21.9 Å². The van der Waals surface area contributed by atoms with Gasteiger partial charge in [0.15, 0.2) is 0 Å². The third-order valence-corrected chi connectivity index (χ3v) is 3.85. The lowest BCUT2D eigenvalue weighted by Gasteiger charge is -2.17. The van der Waals surface area contributed by atoms with Crippen LogP contribution >= 0.6 is 0 Å². The highest BCUT2D eigenvalue weighted by Gasteiger charge is 2.10. The first-order valence-electron chi connectivity index (χ1n) is 7.57. The van der Waals surface area contributed by atoms with Gasteiger partial charge in [0.05, 0.1) is 12.5 Å². The second kappa shape index (κ2) is 6.59. The van der Waals surface area contributed by atoms with E-state index in [-0.39, 0.29) is 0 Å². The number of rotatable bonds is 6. The smallest absolute Gasteiger partial charge is 0.0935 e. The van der Waals surface area contributed by atoms with Crippen LogP contribution in [-0.2, 0) is 12.8 Å². The molecule has 21 heavy (non-hydrogen) atoms. The number of hydrogen-bond acceptors (Lipinski definition) is 2. The molecule has 0 fully saturated rings. The number of furan rings is 1. The van der Waals surface area contributed by atoms with E-state index < -0.39 is 0 Å². The molecule has 0 radical (unpaired) electrons. The Morgan fingerprint density at radius 3 is 2.52 bits per heavy atom. The average molecular weight is 279 g/mol. The normalized spacial score (nSPS) is 12.6. The van der Waals surface area contributed by atoms with E-state index >= 15 is 0 Å². The van der Waals surface area contributed by atoms with Crippen LogP contribution in [0.1, 0.15) is 18.1 Å². The number of fused-ring (bicyclic) bond motifs is 1. The fourth-order valence-corrected chi connectivity index (χ4v) is 2.85. The Morgan fingerprint density at radius 1 is 0.952 bits per heavy atom. The molecule has 0 aliphatic heterocycles. The van der Waals surface area contributed by atoms with Crippen LogP contribution in [0.4, 0.5) is 0 Å². The third kappa shape index (κ3) is 3.53. The SMILES string of the molecule is CCNC(Cc1ccoc1)Cc1ccc2ccccc2c1. The van der Waals surface area contributed by atoms with Gasteiger partial charge in [-0.25, -0.2) is 0 Å². The summed E-state index contributed by atoms with van der Waals surface area (Å²) in [6.45, 7) is 3.14. The zero-order valence-corrected chi connectivity index (χ0v) is 12.4. The molecule has 0 aliphatic carbocycles. The van der Waals surface area contributed by atoms with Crippen LogP contribution < -0.4 is 5.32 Å². The Balaban J connectivity index is 1.76. The van der Waals surface area contributed by atoms with Gasteiger partial charge in [0.2, 0.25) is 0 Å². The minimum Gasteiger partial charge on any atom is -0.472 e. The van der Waals surface area contributed by atoms with Crippen LogP contribution in [-0.4, -0.2) is 12.6 Å². The van der Waals surface area contributed by atoms with Crippen LogP contribution in [0.2, 0.25) is 0 Å². The van der Waals surface area contributed by atoms with Crippen molar-refractivity contribution < 1.29 is 4.42 Å². The molecule has 2 heteroatoms. The quantitative estimate of drug-likeness (QED) is 0.731. The molecule has 1 heterocycles. The van der Waals surface area contributed by atoms with E-state index in [9.17, 15) is 0 Å². The van der Waals surface area contributed by atoms with E-state index in [1.807, 2.05) is 12.3 Å². The van der Waals surface area contributed by atoms with Gasteiger partial charge in [0.1, 0.15) is 0 Å². The van der Waals surface area contributed by atoms with E-state index in [0.29, 0.717) is 6.04 Å². The van der Waals surface area contributed by atoms with E-state index in [1.54, 1.807) is 6.26 Å². The minimum atomic E-state index is 0.439. The van der Waals surface area contributed by atoms with Crippen molar-refractivity contribution in [1.82, 2.24) is 5.32 Å². The van der Waals surface area contributed by atoms with Crippen LogP contribution in [0.3, 0.4) is 0 Å². The lowest BCUT2D eigenvalue weighted by molar-refractivity contribution is 0.514. The van der Waals surface area contributed by atoms with Crippen molar-refractivity contribution in [3.63, 3.8) is 0 Å². The summed E-state index contributed by atoms with van der Waals surface area (Å²) in [5, 5.41) is 6.19. The highest BCUT2D eigenvalue weighted by atomic mass is 16.3. The molecule has 0 spiro atoms. The van der Waals surface area contributed by atoms with Gasteiger partial charge in [-0.05, 0) is 47.4 Å². The van der Waals surface area contributed by atoms with E-state index in [2.05, 4.69) is 54.7 Å². The second-order valence-corrected chi connectivity index (χ2v) is 5.48. The highest BCUT2D eigenvalue weighted by Crippen LogP contribution is 2.17. The van der Waals surface area contributed by atoms with Crippen molar-refractivity contribution in [3.05, 3.63) is 72.2 Å². The Hall–Kier alpha value is -2.06. The molecule has 0 saturated heterocycles. The van der Waals surface area contributed by atoms with Crippen LogP contribution in [0.5, 0.6) is 0 Å². The number of likely N-dealkylation sites (N-methyl/N-ethyl adjacent to an activating group) is 1. The van der Waals surface area contributed by atoms with Gasteiger partial charge in [-0.15, -0.1) is 0 Å². The molecule has 108 valence electrons. The first-order chi connectivity index (χ1) is 10.3. The summed E-state index contributed by atoms with van der Waals surface area (Å²) >= 11 is 0. The summed E-state index contributed by atoms with van der Waals surface area (Å²) in [6.07, 6.45) is 5.61. The van der Waals surface area contributed by atoms with Crippen molar-refractivity contribution in [2.24, 2.45) is 0 Å². The van der Waals surface area contributed by atoms with Crippen molar-refractivity contribution in [2.45, 2.75) is 25.8 Å².